The number of aromatic nitrogens is 2. The summed E-state index contributed by atoms with van der Waals surface area (Å²) in [5.74, 6) is 0.485. The lowest BCUT2D eigenvalue weighted by Gasteiger charge is -2.13. The zero-order valence-corrected chi connectivity index (χ0v) is 19.2. The minimum atomic E-state index is -3.87. The lowest BCUT2D eigenvalue weighted by Crippen LogP contribution is -2.16. The van der Waals surface area contributed by atoms with Crippen LogP contribution < -0.4 is 14.8 Å². The number of carbonyl (C=O) groups excluding carboxylic acids is 1. The van der Waals surface area contributed by atoms with Crippen LogP contribution in [0.4, 0.5) is 11.6 Å². The van der Waals surface area contributed by atoms with Crippen molar-refractivity contribution in [2.45, 2.75) is 32.6 Å². The second-order valence-electron chi connectivity index (χ2n) is 7.76. The zero-order valence-electron chi connectivity index (χ0n) is 18.4. The summed E-state index contributed by atoms with van der Waals surface area (Å²) in [6.07, 6.45) is 0. The van der Waals surface area contributed by atoms with Crippen LogP contribution in [0.25, 0.3) is 0 Å². The van der Waals surface area contributed by atoms with E-state index in [4.69, 9.17) is 4.74 Å². The number of hydrogen-bond donors (Lipinski definition) is 2. The molecule has 3 aromatic rings. The largest absolute Gasteiger partial charge is 0.492 e. The maximum absolute atomic E-state index is 12.7. The molecule has 0 saturated carbocycles. The SMILES string of the molecule is Cc1cc(C)nc(NS(=O)(=O)c2ccc(NC(=O)c3ccccc3OCC(C)C)cc2)n1. The molecule has 0 aliphatic rings. The first-order chi connectivity index (χ1) is 15.1. The minimum absolute atomic E-state index is 0.0119. The van der Waals surface area contributed by atoms with Crippen LogP contribution in [-0.2, 0) is 10.0 Å². The lowest BCUT2D eigenvalue weighted by molar-refractivity contribution is 0.102. The van der Waals surface area contributed by atoms with Gasteiger partial charge in [0.15, 0.2) is 0 Å². The summed E-state index contributed by atoms with van der Waals surface area (Å²) < 4.78 is 33.4. The van der Waals surface area contributed by atoms with E-state index in [-0.39, 0.29) is 16.8 Å². The van der Waals surface area contributed by atoms with E-state index in [1.54, 1.807) is 44.2 Å². The molecule has 3 rings (SSSR count). The van der Waals surface area contributed by atoms with Crippen LogP contribution in [0.1, 0.15) is 35.6 Å². The van der Waals surface area contributed by atoms with Gasteiger partial charge in [0.05, 0.1) is 17.1 Å². The number of anilines is 2. The molecule has 0 fully saturated rings. The maximum Gasteiger partial charge on any atom is 0.264 e. The fraction of sp³-hybridized carbons (Fsp3) is 0.261. The highest BCUT2D eigenvalue weighted by Crippen LogP contribution is 2.22. The third kappa shape index (κ3) is 6.04. The fourth-order valence-electron chi connectivity index (χ4n) is 2.90. The van der Waals surface area contributed by atoms with Gasteiger partial charge in [0.2, 0.25) is 5.95 Å². The molecule has 32 heavy (non-hydrogen) atoms. The average molecular weight is 455 g/mol. The molecule has 0 bridgehead atoms. The summed E-state index contributed by atoms with van der Waals surface area (Å²) in [4.78, 5) is 21.0. The van der Waals surface area contributed by atoms with Crippen LogP contribution in [0.3, 0.4) is 0 Å². The Labute approximate surface area is 188 Å². The van der Waals surface area contributed by atoms with Crippen LogP contribution in [0.5, 0.6) is 5.75 Å². The molecular formula is C23H26N4O4S. The number of hydrogen-bond acceptors (Lipinski definition) is 6. The molecule has 0 unspecified atom stereocenters. The highest BCUT2D eigenvalue weighted by molar-refractivity contribution is 7.92. The number of ether oxygens (including phenoxy) is 1. The van der Waals surface area contributed by atoms with Crippen LogP contribution in [0, 0.1) is 19.8 Å². The van der Waals surface area contributed by atoms with Crippen LogP contribution in [0.15, 0.2) is 59.5 Å². The molecule has 0 saturated heterocycles. The summed E-state index contributed by atoms with van der Waals surface area (Å²) in [5.41, 5.74) is 2.17. The predicted octanol–water partition coefficient (Wildman–Crippen LogP) is 4.18. The molecule has 2 N–H and O–H groups in total. The molecule has 1 amide bonds. The molecule has 2 aromatic carbocycles. The first-order valence-electron chi connectivity index (χ1n) is 10.1. The third-order valence-electron chi connectivity index (χ3n) is 4.33. The van der Waals surface area contributed by atoms with Gasteiger partial charge < -0.3 is 10.1 Å². The highest BCUT2D eigenvalue weighted by atomic mass is 32.2. The number of aryl methyl sites for hydroxylation is 2. The van der Waals surface area contributed by atoms with Gasteiger partial charge in [-0.2, -0.15) is 0 Å². The van der Waals surface area contributed by atoms with Gasteiger partial charge in [-0.25, -0.2) is 23.1 Å². The second kappa shape index (κ2) is 9.78. The van der Waals surface area contributed by atoms with Crippen molar-refractivity contribution in [2.75, 3.05) is 16.6 Å². The van der Waals surface area contributed by atoms with Gasteiger partial charge in [0.1, 0.15) is 5.75 Å². The molecule has 8 nitrogen and oxygen atoms in total. The van der Waals surface area contributed by atoms with Gasteiger partial charge >= 0.3 is 0 Å². The molecule has 1 aromatic heterocycles. The van der Waals surface area contributed by atoms with Crippen LogP contribution >= 0.6 is 0 Å². The Morgan fingerprint density at radius 1 is 1.00 bits per heavy atom. The first kappa shape index (κ1) is 23.2. The van der Waals surface area contributed by atoms with E-state index in [9.17, 15) is 13.2 Å². The number of amides is 1. The Morgan fingerprint density at radius 3 is 2.25 bits per heavy atom. The number of rotatable bonds is 8. The van der Waals surface area contributed by atoms with Crippen LogP contribution in [-0.4, -0.2) is 30.9 Å². The fourth-order valence-corrected chi connectivity index (χ4v) is 3.85. The van der Waals surface area contributed by atoms with Crippen molar-refractivity contribution in [2.24, 2.45) is 5.92 Å². The maximum atomic E-state index is 12.7. The van der Waals surface area contributed by atoms with E-state index in [1.807, 2.05) is 13.8 Å². The van der Waals surface area contributed by atoms with Crippen molar-refractivity contribution >= 4 is 27.6 Å². The molecule has 9 heteroatoms. The number of carbonyl (C=O) groups is 1. The van der Waals surface area contributed by atoms with Gasteiger partial charge in [-0.05, 0) is 62.2 Å². The van der Waals surface area contributed by atoms with Crippen molar-refractivity contribution in [3.8, 4) is 5.75 Å². The number of para-hydroxylation sites is 1. The van der Waals surface area contributed by atoms with Crippen LogP contribution in [0.2, 0.25) is 0 Å². The second-order valence-corrected chi connectivity index (χ2v) is 9.44. The normalized spacial score (nSPS) is 11.3. The number of sulfonamides is 1. The highest BCUT2D eigenvalue weighted by Gasteiger charge is 2.17. The monoisotopic (exact) mass is 454 g/mol. The molecule has 0 aliphatic heterocycles. The quantitative estimate of drug-likeness (QED) is 0.528. The summed E-state index contributed by atoms with van der Waals surface area (Å²) in [7, 11) is -3.87. The summed E-state index contributed by atoms with van der Waals surface area (Å²) in [6.45, 7) is 8.07. The van der Waals surface area contributed by atoms with Crippen molar-refractivity contribution in [1.82, 2.24) is 9.97 Å². The van der Waals surface area contributed by atoms with Crippen molar-refractivity contribution < 1.29 is 17.9 Å². The lowest BCUT2D eigenvalue weighted by atomic mass is 10.1. The van der Waals surface area contributed by atoms with Crippen molar-refractivity contribution in [1.29, 1.82) is 0 Å². The van der Waals surface area contributed by atoms with E-state index in [0.29, 0.717) is 40.9 Å². The standard InChI is InChI=1S/C23H26N4O4S/c1-15(2)14-31-21-8-6-5-7-20(21)22(28)26-18-9-11-19(12-10-18)32(29,30)27-23-24-16(3)13-17(4)25-23/h5-13,15H,14H2,1-4H3,(H,26,28)(H,24,25,27). The van der Waals surface area contributed by atoms with Gasteiger partial charge in [-0.3, -0.25) is 4.79 Å². The van der Waals surface area contributed by atoms with E-state index in [2.05, 4.69) is 20.0 Å². The molecule has 168 valence electrons. The van der Waals surface area contributed by atoms with Gasteiger partial charge in [0.25, 0.3) is 15.9 Å². The number of nitrogens with one attached hydrogen (secondary N) is 2. The topological polar surface area (TPSA) is 110 Å². The Balaban J connectivity index is 1.73. The Morgan fingerprint density at radius 2 is 1.62 bits per heavy atom. The van der Waals surface area contributed by atoms with Crippen molar-refractivity contribution in [3.63, 3.8) is 0 Å². The molecule has 1 heterocycles. The number of benzene rings is 2. The van der Waals surface area contributed by atoms with E-state index in [1.165, 1.54) is 24.3 Å². The Bertz CT molecular complexity index is 1190. The summed E-state index contributed by atoms with van der Waals surface area (Å²) in [6, 6.07) is 14.6. The first-order valence-corrected chi connectivity index (χ1v) is 11.6. The minimum Gasteiger partial charge on any atom is -0.492 e. The van der Waals surface area contributed by atoms with Crippen molar-refractivity contribution in [3.05, 3.63) is 71.5 Å². The average Bonchev–Trinajstić information content (AvgIpc) is 2.71. The zero-order chi connectivity index (χ0) is 23.3. The van der Waals surface area contributed by atoms with Gasteiger partial charge in [-0.15, -0.1) is 0 Å². The molecule has 0 spiro atoms. The van der Waals surface area contributed by atoms with E-state index in [0.717, 1.165) is 0 Å². The van der Waals surface area contributed by atoms with E-state index >= 15 is 0 Å². The Kier molecular flexibility index (Phi) is 7.09. The Hall–Kier alpha value is -3.46. The molecular weight excluding hydrogens is 428 g/mol. The molecule has 0 aliphatic carbocycles. The number of nitrogens with zero attached hydrogens (tertiary/aromatic N) is 2. The third-order valence-corrected chi connectivity index (χ3v) is 5.68. The predicted molar refractivity (Wildman–Crippen MR) is 123 cm³/mol. The van der Waals surface area contributed by atoms with Gasteiger partial charge in [-0.1, -0.05) is 26.0 Å². The molecule has 0 atom stereocenters. The summed E-state index contributed by atoms with van der Waals surface area (Å²) >= 11 is 0. The van der Waals surface area contributed by atoms with Gasteiger partial charge in [0, 0.05) is 17.1 Å². The molecule has 0 radical (unpaired) electrons. The van der Waals surface area contributed by atoms with E-state index < -0.39 is 10.0 Å². The smallest absolute Gasteiger partial charge is 0.264 e. The summed E-state index contributed by atoms with van der Waals surface area (Å²) in [5, 5.41) is 2.77.